The van der Waals surface area contributed by atoms with E-state index in [-0.39, 0.29) is 11.6 Å². The topological polar surface area (TPSA) is 80.3 Å². The third-order valence-electron chi connectivity index (χ3n) is 3.60. The molecule has 2 N–H and O–H groups in total. The summed E-state index contributed by atoms with van der Waals surface area (Å²) in [5, 5.41) is 5.11. The van der Waals surface area contributed by atoms with Gasteiger partial charge in [-0.2, -0.15) is 0 Å². The molecule has 3 rings (SSSR count). The molecule has 7 heteroatoms. The van der Waals surface area contributed by atoms with Crippen LogP contribution in [0, 0.1) is 12.7 Å². The van der Waals surface area contributed by atoms with E-state index in [1.54, 1.807) is 19.1 Å². The molecular weight excluding hydrogens is 301 g/mol. The number of nitrogens with zero attached hydrogens (tertiary/aromatic N) is 1. The number of pyridine rings is 1. The number of aryl methyl sites for hydroxylation is 1. The summed E-state index contributed by atoms with van der Waals surface area (Å²) < 4.78 is 18.8. The van der Waals surface area contributed by atoms with Gasteiger partial charge in [-0.3, -0.25) is 9.59 Å². The fourth-order valence-corrected chi connectivity index (χ4v) is 2.18. The molecule has 0 aliphatic carbocycles. The van der Waals surface area contributed by atoms with Gasteiger partial charge in [-0.1, -0.05) is 0 Å². The Kier molecular flexibility index (Phi) is 3.48. The van der Waals surface area contributed by atoms with E-state index in [1.165, 1.54) is 31.3 Å². The summed E-state index contributed by atoms with van der Waals surface area (Å²) in [5.41, 5.74) is -0.988. The maximum absolute atomic E-state index is 13.3. The minimum atomic E-state index is -1.75. The van der Waals surface area contributed by atoms with Crippen molar-refractivity contribution in [2.75, 3.05) is 10.6 Å². The minimum absolute atomic E-state index is 0.264. The molecular formula is C16H14FN3O3. The van der Waals surface area contributed by atoms with E-state index in [4.69, 9.17) is 4.74 Å². The number of nitrogens with one attached hydrogen (secondary N) is 2. The predicted molar refractivity (Wildman–Crippen MR) is 81.7 cm³/mol. The number of amides is 2. The van der Waals surface area contributed by atoms with Gasteiger partial charge in [0.2, 0.25) is 0 Å². The lowest BCUT2D eigenvalue weighted by atomic mass is 10.0. The molecule has 1 aromatic carbocycles. The number of fused-ring (bicyclic) bond motifs is 1. The molecule has 1 aliphatic rings. The molecule has 0 radical (unpaired) electrons. The average Bonchev–Trinajstić information content (AvgIpc) is 2.52. The molecule has 2 heterocycles. The van der Waals surface area contributed by atoms with Crippen LogP contribution in [0.15, 0.2) is 36.5 Å². The van der Waals surface area contributed by atoms with Gasteiger partial charge in [-0.25, -0.2) is 9.37 Å². The molecule has 2 amide bonds. The van der Waals surface area contributed by atoms with Gasteiger partial charge in [0.15, 0.2) is 11.6 Å². The Morgan fingerprint density at radius 2 is 2.17 bits per heavy atom. The molecule has 0 saturated carbocycles. The van der Waals surface area contributed by atoms with Crippen molar-refractivity contribution < 1.29 is 18.7 Å². The van der Waals surface area contributed by atoms with Crippen molar-refractivity contribution in [1.82, 2.24) is 4.98 Å². The van der Waals surface area contributed by atoms with E-state index < -0.39 is 17.4 Å². The average molecular weight is 315 g/mol. The van der Waals surface area contributed by atoms with Crippen molar-refractivity contribution in [1.29, 1.82) is 0 Å². The highest BCUT2D eigenvalue weighted by molar-refractivity contribution is 6.18. The van der Waals surface area contributed by atoms with Crippen LogP contribution >= 0.6 is 0 Å². The normalized spacial score (nSPS) is 19.3. The Labute approximate surface area is 131 Å². The van der Waals surface area contributed by atoms with Crippen molar-refractivity contribution in [2.24, 2.45) is 0 Å². The number of ether oxygens (including phenoxy) is 1. The number of anilines is 2. The molecule has 1 aromatic heterocycles. The highest BCUT2D eigenvalue weighted by Crippen LogP contribution is 2.32. The van der Waals surface area contributed by atoms with Crippen molar-refractivity contribution in [3.63, 3.8) is 0 Å². The Balaban J connectivity index is 1.86. The van der Waals surface area contributed by atoms with E-state index in [9.17, 15) is 14.0 Å². The van der Waals surface area contributed by atoms with Gasteiger partial charge in [0, 0.05) is 11.9 Å². The number of benzene rings is 1. The lowest BCUT2D eigenvalue weighted by Crippen LogP contribution is -2.56. The van der Waals surface area contributed by atoms with Crippen LogP contribution in [0.5, 0.6) is 5.75 Å². The van der Waals surface area contributed by atoms with Gasteiger partial charge in [-0.05, 0) is 49.7 Å². The van der Waals surface area contributed by atoms with Gasteiger partial charge in [0.1, 0.15) is 5.82 Å². The number of halogens is 1. The van der Waals surface area contributed by atoms with Gasteiger partial charge in [0.05, 0.1) is 0 Å². The number of hydrogen-bond acceptors (Lipinski definition) is 4. The SMILES string of the molecule is Cc1cc(NC(=O)C2(C)Oc3cccnc3NC2=O)ccc1F. The van der Waals surface area contributed by atoms with Crippen molar-refractivity contribution >= 4 is 23.3 Å². The molecule has 0 saturated heterocycles. The molecule has 0 fully saturated rings. The summed E-state index contributed by atoms with van der Waals surface area (Å²) in [6.45, 7) is 2.95. The standard InChI is InChI=1S/C16H14FN3O3/c1-9-8-10(5-6-11(9)17)19-14(21)16(2)15(22)20-13-12(23-16)4-3-7-18-13/h3-8H,1-2H3,(H,19,21)(H,18,20,22). The molecule has 118 valence electrons. The molecule has 1 aliphatic heterocycles. The number of aromatic nitrogens is 1. The Bertz CT molecular complexity index is 809. The predicted octanol–water partition coefficient (Wildman–Crippen LogP) is 2.26. The van der Waals surface area contributed by atoms with E-state index in [1.807, 2.05) is 0 Å². The largest absolute Gasteiger partial charge is 0.464 e. The molecule has 6 nitrogen and oxygen atoms in total. The first-order valence-corrected chi connectivity index (χ1v) is 6.93. The quantitative estimate of drug-likeness (QED) is 0.833. The summed E-state index contributed by atoms with van der Waals surface area (Å²) in [4.78, 5) is 28.7. The lowest BCUT2D eigenvalue weighted by molar-refractivity contribution is -0.143. The summed E-state index contributed by atoms with van der Waals surface area (Å²) in [7, 11) is 0. The van der Waals surface area contributed by atoms with Crippen LogP contribution in [0.3, 0.4) is 0 Å². The highest BCUT2D eigenvalue weighted by atomic mass is 19.1. The fraction of sp³-hybridized carbons (Fsp3) is 0.188. The monoisotopic (exact) mass is 315 g/mol. The smallest absolute Gasteiger partial charge is 0.279 e. The summed E-state index contributed by atoms with van der Waals surface area (Å²) in [6.07, 6.45) is 1.51. The first-order chi connectivity index (χ1) is 10.9. The van der Waals surface area contributed by atoms with Crippen LogP contribution < -0.4 is 15.4 Å². The second kappa shape index (κ2) is 5.35. The summed E-state index contributed by atoms with van der Waals surface area (Å²) >= 11 is 0. The molecule has 0 bridgehead atoms. The Morgan fingerprint density at radius 1 is 1.39 bits per heavy atom. The van der Waals surface area contributed by atoms with Crippen LogP contribution in [0.4, 0.5) is 15.9 Å². The van der Waals surface area contributed by atoms with Crippen LogP contribution in [-0.4, -0.2) is 22.4 Å². The lowest BCUT2D eigenvalue weighted by Gasteiger charge is -2.32. The van der Waals surface area contributed by atoms with Crippen molar-refractivity contribution in [3.8, 4) is 5.75 Å². The Hall–Kier alpha value is -2.96. The molecule has 23 heavy (non-hydrogen) atoms. The third-order valence-corrected chi connectivity index (χ3v) is 3.60. The zero-order valence-electron chi connectivity index (χ0n) is 12.5. The first kappa shape index (κ1) is 15.0. The van der Waals surface area contributed by atoms with Crippen molar-refractivity contribution in [2.45, 2.75) is 19.4 Å². The number of hydrogen-bond donors (Lipinski definition) is 2. The molecule has 1 unspecified atom stereocenters. The molecule has 1 atom stereocenters. The highest BCUT2D eigenvalue weighted by Gasteiger charge is 2.47. The van der Waals surface area contributed by atoms with E-state index >= 15 is 0 Å². The maximum Gasteiger partial charge on any atom is 0.279 e. The van der Waals surface area contributed by atoms with Crippen molar-refractivity contribution in [3.05, 3.63) is 47.9 Å². The second-order valence-electron chi connectivity index (χ2n) is 5.36. The van der Waals surface area contributed by atoms with Crippen LogP contribution in [0.2, 0.25) is 0 Å². The summed E-state index contributed by atoms with van der Waals surface area (Å²) in [6, 6.07) is 7.38. The van der Waals surface area contributed by atoms with Gasteiger partial charge in [-0.15, -0.1) is 0 Å². The van der Waals surface area contributed by atoms with Gasteiger partial charge in [0.25, 0.3) is 17.4 Å². The summed E-state index contributed by atoms with van der Waals surface area (Å²) in [5.74, 6) is -1.09. The van der Waals surface area contributed by atoms with Crippen LogP contribution in [0.1, 0.15) is 12.5 Å². The third kappa shape index (κ3) is 2.61. The zero-order valence-corrected chi connectivity index (χ0v) is 12.5. The maximum atomic E-state index is 13.3. The molecule has 0 spiro atoms. The Morgan fingerprint density at radius 3 is 2.91 bits per heavy atom. The number of rotatable bonds is 2. The number of carbonyl (C=O) groups excluding carboxylic acids is 2. The fourth-order valence-electron chi connectivity index (χ4n) is 2.18. The van der Waals surface area contributed by atoms with E-state index in [0.717, 1.165) is 0 Å². The first-order valence-electron chi connectivity index (χ1n) is 6.93. The van der Waals surface area contributed by atoms with E-state index in [2.05, 4.69) is 15.6 Å². The zero-order chi connectivity index (χ0) is 16.6. The van der Waals surface area contributed by atoms with Gasteiger partial charge >= 0.3 is 0 Å². The minimum Gasteiger partial charge on any atom is -0.464 e. The molecule has 2 aromatic rings. The van der Waals surface area contributed by atoms with E-state index in [0.29, 0.717) is 17.0 Å². The second-order valence-corrected chi connectivity index (χ2v) is 5.36. The van der Waals surface area contributed by atoms with Crippen LogP contribution in [-0.2, 0) is 9.59 Å². The number of carbonyl (C=O) groups is 2. The van der Waals surface area contributed by atoms with Crippen LogP contribution in [0.25, 0.3) is 0 Å². The van der Waals surface area contributed by atoms with Gasteiger partial charge < -0.3 is 15.4 Å².